The van der Waals surface area contributed by atoms with Crippen molar-refractivity contribution in [1.29, 1.82) is 0 Å². The van der Waals surface area contributed by atoms with Crippen molar-refractivity contribution in [3.8, 4) is 0 Å². The Morgan fingerprint density at radius 3 is 2.46 bits per heavy atom. The maximum absolute atomic E-state index is 13.0. The average molecular weight is 391 g/mol. The molecule has 2 heterocycles. The second kappa shape index (κ2) is 8.73. The highest BCUT2D eigenvalue weighted by Gasteiger charge is 2.32. The number of nitrogens with zero attached hydrogens (tertiary/aromatic N) is 3. The fraction of sp³-hybridized carbons (Fsp3) is 0.429. The largest absolute Gasteiger partial charge is 0.416 e. The zero-order valence-corrected chi connectivity index (χ0v) is 15.8. The molecule has 3 rings (SSSR count). The van der Waals surface area contributed by atoms with E-state index in [9.17, 15) is 18.0 Å². The molecular formula is C21H24F3N3O. The van der Waals surface area contributed by atoms with Gasteiger partial charge in [-0.25, -0.2) is 0 Å². The van der Waals surface area contributed by atoms with Crippen LogP contribution in [-0.2, 0) is 6.18 Å². The van der Waals surface area contributed by atoms with Crippen LogP contribution < -0.4 is 4.90 Å². The van der Waals surface area contributed by atoms with Crippen LogP contribution in [0.4, 0.5) is 18.9 Å². The van der Waals surface area contributed by atoms with E-state index in [1.165, 1.54) is 12.1 Å². The number of hydrogen-bond acceptors (Lipinski definition) is 4. The van der Waals surface area contributed by atoms with Gasteiger partial charge < -0.3 is 4.90 Å². The van der Waals surface area contributed by atoms with Crippen molar-refractivity contribution in [2.45, 2.75) is 32.0 Å². The van der Waals surface area contributed by atoms with Crippen molar-refractivity contribution in [2.24, 2.45) is 0 Å². The van der Waals surface area contributed by atoms with E-state index in [-0.39, 0.29) is 11.8 Å². The summed E-state index contributed by atoms with van der Waals surface area (Å²) in [5.74, 6) is 0.00923. The Morgan fingerprint density at radius 1 is 1.11 bits per heavy atom. The zero-order valence-electron chi connectivity index (χ0n) is 15.8. The molecule has 1 aromatic carbocycles. The molecule has 0 saturated carbocycles. The first-order chi connectivity index (χ1) is 13.4. The highest BCUT2D eigenvalue weighted by atomic mass is 19.4. The van der Waals surface area contributed by atoms with Crippen LogP contribution in [0, 0.1) is 0 Å². The van der Waals surface area contributed by atoms with Gasteiger partial charge in [-0.05, 0) is 36.8 Å². The Bertz CT molecular complexity index is 787. The number of hydrogen-bond donors (Lipinski definition) is 0. The standard InChI is InChI=1S/C21H24F3N3O/c1-2-6-19(20(28)18-9-3-4-10-25-18)27-13-11-26(12-14-27)17-8-5-7-16(15-17)21(22,23)24/h3-5,7-10,15,19H,2,6,11-14H2,1H3. The van der Waals surface area contributed by atoms with Crippen molar-refractivity contribution >= 4 is 11.5 Å². The average Bonchev–Trinajstić information content (AvgIpc) is 2.72. The molecule has 0 bridgehead atoms. The van der Waals surface area contributed by atoms with Gasteiger partial charge >= 0.3 is 6.18 Å². The highest BCUT2D eigenvalue weighted by molar-refractivity contribution is 5.98. The number of anilines is 1. The van der Waals surface area contributed by atoms with Gasteiger partial charge in [0.15, 0.2) is 5.78 Å². The van der Waals surface area contributed by atoms with Gasteiger partial charge in [-0.15, -0.1) is 0 Å². The quantitative estimate of drug-likeness (QED) is 0.689. The Labute approximate surface area is 163 Å². The van der Waals surface area contributed by atoms with Gasteiger partial charge in [-0.2, -0.15) is 13.2 Å². The fourth-order valence-corrected chi connectivity index (χ4v) is 3.60. The van der Waals surface area contributed by atoms with Gasteiger partial charge in [0.25, 0.3) is 0 Å². The topological polar surface area (TPSA) is 36.4 Å². The predicted molar refractivity (Wildman–Crippen MR) is 102 cm³/mol. The zero-order chi connectivity index (χ0) is 20.1. The molecule has 28 heavy (non-hydrogen) atoms. The first-order valence-electron chi connectivity index (χ1n) is 9.51. The Morgan fingerprint density at radius 2 is 1.86 bits per heavy atom. The summed E-state index contributed by atoms with van der Waals surface area (Å²) >= 11 is 0. The number of Topliss-reactive ketones (excluding diaryl/α,β-unsaturated/α-hetero) is 1. The number of benzene rings is 1. The predicted octanol–water partition coefficient (Wildman–Crippen LogP) is 4.27. The highest BCUT2D eigenvalue weighted by Crippen LogP contribution is 2.32. The van der Waals surface area contributed by atoms with Crippen molar-refractivity contribution in [2.75, 3.05) is 31.1 Å². The summed E-state index contributed by atoms with van der Waals surface area (Å²) in [6.45, 7) is 4.45. The van der Waals surface area contributed by atoms with Crippen LogP contribution >= 0.6 is 0 Å². The molecule has 0 N–H and O–H groups in total. The number of ketones is 1. The minimum absolute atomic E-state index is 0.00923. The van der Waals surface area contributed by atoms with Crippen LogP contribution in [0.3, 0.4) is 0 Å². The van der Waals surface area contributed by atoms with Gasteiger partial charge in [0.05, 0.1) is 11.6 Å². The number of alkyl halides is 3. The molecule has 1 saturated heterocycles. The van der Waals surface area contributed by atoms with Crippen LogP contribution in [0.25, 0.3) is 0 Å². The van der Waals surface area contributed by atoms with Gasteiger partial charge in [0, 0.05) is 38.1 Å². The normalized spacial score (nSPS) is 16.8. The van der Waals surface area contributed by atoms with E-state index in [1.807, 2.05) is 11.8 Å². The molecule has 7 heteroatoms. The van der Waals surface area contributed by atoms with Crippen LogP contribution in [-0.4, -0.2) is 47.9 Å². The number of aromatic nitrogens is 1. The van der Waals surface area contributed by atoms with Crippen LogP contribution in [0.1, 0.15) is 35.8 Å². The number of carbonyl (C=O) groups excluding carboxylic acids is 1. The SMILES string of the molecule is CCCC(C(=O)c1ccccn1)N1CCN(c2cccc(C(F)(F)F)c2)CC1. The number of piperazine rings is 1. The van der Waals surface area contributed by atoms with Crippen LogP contribution in [0.2, 0.25) is 0 Å². The fourth-order valence-electron chi connectivity index (χ4n) is 3.60. The molecular weight excluding hydrogens is 367 g/mol. The molecule has 0 spiro atoms. The number of halogens is 3. The molecule has 0 amide bonds. The van der Waals surface area contributed by atoms with E-state index in [1.54, 1.807) is 30.5 Å². The Kier molecular flexibility index (Phi) is 6.34. The monoisotopic (exact) mass is 391 g/mol. The van der Waals surface area contributed by atoms with E-state index in [0.29, 0.717) is 37.6 Å². The van der Waals surface area contributed by atoms with Crippen LogP contribution in [0.5, 0.6) is 0 Å². The summed E-state index contributed by atoms with van der Waals surface area (Å²) in [5.41, 5.74) is 0.389. The lowest BCUT2D eigenvalue weighted by molar-refractivity contribution is -0.137. The Hall–Kier alpha value is -2.41. The summed E-state index contributed by atoms with van der Waals surface area (Å²) in [5, 5.41) is 0. The van der Waals surface area contributed by atoms with Crippen molar-refractivity contribution in [3.63, 3.8) is 0 Å². The minimum Gasteiger partial charge on any atom is -0.369 e. The molecule has 1 atom stereocenters. The molecule has 1 aromatic heterocycles. The number of pyridine rings is 1. The Balaban J connectivity index is 1.69. The lowest BCUT2D eigenvalue weighted by Crippen LogP contribution is -2.52. The summed E-state index contributed by atoms with van der Waals surface area (Å²) in [7, 11) is 0. The lowest BCUT2D eigenvalue weighted by Gasteiger charge is -2.39. The van der Waals surface area contributed by atoms with Crippen molar-refractivity contribution < 1.29 is 18.0 Å². The van der Waals surface area contributed by atoms with Crippen molar-refractivity contribution in [1.82, 2.24) is 9.88 Å². The number of rotatable bonds is 6. The first-order valence-corrected chi connectivity index (χ1v) is 9.51. The third-order valence-electron chi connectivity index (χ3n) is 5.08. The lowest BCUT2D eigenvalue weighted by atomic mass is 10.0. The molecule has 1 aliphatic rings. The second-order valence-corrected chi connectivity index (χ2v) is 6.95. The molecule has 2 aromatic rings. The molecule has 150 valence electrons. The maximum Gasteiger partial charge on any atom is 0.416 e. The minimum atomic E-state index is -4.35. The van der Waals surface area contributed by atoms with Crippen LogP contribution in [0.15, 0.2) is 48.7 Å². The third-order valence-corrected chi connectivity index (χ3v) is 5.08. The first kappa shape index (κ1) is 20.3. The van der Waals surface area contributed by atoms with Gasteiger partial charge in [0.1, 0.15) is 5.69 Å². The van der Waals surface area contributed by atoms with E-state index in [0.717, 1.165) is 18.9 Å². The summed E-state index contributed by atoms with van der Waals surface area (Å²) in [4.78, 5) is 21.2. The molecule has 1 unspecified atom stereocenters. The maximum atomic E-state index is 13.0. The second-order valence-electron chi connectivity index (χ2n) is 6.95. The van der Waals surface area contributed by atoms with Gasteiger partial charge in [-0.3, -0.25) is 14.7 Å². The summed E-state index contributed by atoms with van der Waals surface area (Å²) in [6.07, 6.45) is -1.13. The van der Waals surface area contributed by atoms with E-state index in [4.69, 9.17) is 0 Å². The van der Waals surface area contributed by atoms with E-state index < -0.39 is 11.7 Å². The van der Waals surface area contributed by atoms with Crippen molar-refractivity contribution in [3.05, 3.63) is 59.9 Å². The molecule has 0 radical (unpaired) electrons. The summed E-state index contributed by atoms with van der Waals surface area (Å²) in [6, 6.07) is 10.5. The number of carbonyl (C=O) groups is 1. The van der Waals surface area contributed by atoms with E-state index >= 15 is 0 Å². The van der Waals surface area contributed by atoms with Gasteiger partial charge in [0.2, 0.25) is 0 Å². The smallest absolute Gasteiger partial charge is 0.369 e. The molecule has 1 aliphatic heterocycles. The molecule has 0 aliphatic carbocycles. The molecule has 4 nitrogen and oxygen atoms in total. The third kappa shape index (κ3) is 4.70. The van der Waals surface area contributed by atoms with Gasteiger partial charge in [-0.1, -0.05) is 25.5 Å². The van der Waals surface area contributed by atoms with E-state index in [2.05, 4.69) is 9.88 Å². The summed E-state index contributed by atoms with van der Waals surface area (Å²) < 4.78 is 38.9. The molecule has 1 fully saturated rings.